The lowest BCUT2D eigenvalue weighted by atomic mass is 9.82. The molecular formula is C26H32O7. The Labute approximate surface area is 194 Å². The Bertz CT molecular complexity index is 941. The zero-order valence-corrected chi connectivity index (χ0v) is 19.5. The van der Waals surface area contributed by atoms with E-state index < -0.39 is 41.6 Å². The summed E-state index contributed by atoms with van der Waals surface area (Å²) in [6, 6.07) is 16.9. The summed E-state index contributed by atoms with van der Waals surface area (Å²) in [5, 5.41) is 9.89. The molecule has 0 bridgehead atoms. The predicted octanol–water partition coefficient (Wildman–Crippen LogP) is 4.20. The molecule has 1 aliphatic heterocycles. The lowest BCUT2D eigenvalue weighted by Crippen LogP contribution is -2.35. The summed E-state index contributed by atoms with van der Waals surface area (Å²) >= 11 is 0. The molecule has 0 amide bonds. The number of hydrogen-bond donors (Lipinski definition) is 1. The van der Waals surface area contributed by atoms with Gasteiger partial charge < -0.3 is 24.1 Å². The zero-order valence-electron chi connectivity index (χ0n) is 19.5. The molecule has 1 fully saturated rings. The number of carboxylic acids is 1. The summed E-state index contributed by atoms with van der Waals surface area (Å²) < 4.78 is 23.1. The normalized spacial score (nSPS) is 21.3. The summed E-state index contributed by atoms with van der Waals surface area (Å²) in [7, 11) is 1.52. The Balaban J connectivity index is 1.69. The number of Topliss-reactive ketones (excluding diaryl/α,β-unsaturated/α-hetero) is 1. The molecule has 178 valence electrons. The van der Waals surface area contributed by atoms with Crippen molar-refractivity contribution in [3.63, 3.8) is 0 Å². The van der Waals surface area contributed by atoms with Crippen molar-refractivity contribution in [2.24, 2.45) is 5.92 Å². The van der Waals surface area contributed by atoms with Crippen molar-refractivity contribution in [3.05, 3.63) is 65.7 Å². The van der Waals surface area contributed by atoms with Gasteiger partial charge >= 0.3 is 5.97 Å². The Hall–Kier alpha value is -2.74. The number of carbonyl (C=O) groups excluding carboxylic acids is 1. The van der Waals surface area contributed by atoms with Gasteiger partial charge in [-0.3, -0.25) is 9.59 Å². The highest BCUT2D eigenvalue weighted by Gasteiger charge is 2.44. The van der Waals surface area contributed by atoms with E-state index in [1.165, 1.54) is 7.11 Å². The van der Waals surface area contributed by atoms with Crippen LogP contribution in [0.4, 0.5) is 0 Å². The van der Waals surface area contributed by atoms with Crippen molar-refractivity contribution in [2.45, 2.75) is 57.7 Å². The average molecular weight is 457 g/mol. The van der Waals surface area contributed by atoms with Gasteiger partial charge in [0, 0.05) is 12.3 Å². The average Bonchev–Trinajstić information content (AvgIpc) is 3.07. The van der Waals surface area contributed by atoms with Crippen LogP contribution >= 0.6 is 0 Å². The Morgan fingerprint density at radius 2 is 1.67 bits per heavy atom. The fraction of sp³-hybridized carbons (Fsp3) is 0.462. The molecule has 0 spiro atoms. The number of rotatable bonds is 11. The van der Waals surface area contributed by atoms with E-state index in [4.69, 9.17) is 18.9 Å². The van der Waals surface area contributed by atoms with E-state index in [0.717, 1.165) is 5.56 Å². The van der Waals surface area contributed by atoms with Crippen LogP contribution in [-0.4, -0.2) is 48.6 Å². The zero-order chi connectivity index (χ0) is 24.0. The molecule has 2 aromatic carbocycles. The highest BCUT2D eigenvalue weighted by atomic mass is 16.8. The van der Waals surface area contributed by atoms with Crippen molar-refractivity contribution in [1.29, 1.82) is 0 Å². The van der Waals surface area contributed by atoms with Gasteiger partial charge in [-0.05, 0) is 31.0 Å². The van der Waals surface area contributed by atoms with Crippen LogP contribution in [-0.2, 0) is 30.4 Å². The number of carbonyl (C=O) groups is 2. The predicted molar refractivity (Wildman–Crippen MR) is 122 cm³/mol. The number of aliphatic carboxylic acids is 1. The monoisotopic (exact) mass is 456 g/mol. The summed E-state index contributed by atoms with van der Waals surface area (Å²) in [5.41, 5.74) is 1.70. The first-order valence-corrected chi connectivity index (χ1v) is 11.1. The molecule has 4 atom stereocenters. The largest absolute Gasteiger partial charge is 0.496 e. The van der Waals surface area contributed by atoms with Crippen molar-refractivity contribution < 1.29 is 33.6 Å². The second kappa shape index (κ2) is 10.9. The number of ketones is 1. The van der Waals surface area contributed by atoms with Crippen LogP contribution in [0.25, 0.3) is 0 Å². The Morgan fingerprint density at radius 3 is 2.33 bits per heavy atom. The van der Waals surface area contributed by atoms with E-state index in [-0.39, 0.29) is 13.0 Å². The molecule has 0 aromatic heterocycles. The number of carboxylic acid groups (broad SMARTS) is 1. The lowest BCUT2D eigenvalue weighted by molar-refractivity contribution is -0.154. The minimum absolute atomic E-state index is 0.0841. The van der Waals surface area contributed by atoms with Gasteiger partial charge in [-0.25, -0.2) is 0 Å². The molecule has 2 aromatic rings. The maximum absolute atomic E-state index is 13.2. The topological polar surface area (TPSA) is 91.3 Å². The van der Waals surface area contributed by atoms with Crippen LogP contribution < -0.4 is 4.74 Å². The van der Waals surface area contributed by atoms with Crippen LogP contribution in [0.15, 0.2) is 54.6 Å². The number of para-hydroxylation sites is 1. The maximum Gasteiger partial charge on any atom is 0.314 e. The highest BCUT2D eigenvalue weighted by Crippen LogP contribution is 2.35. The summed E-state index contributed by atoms with van der Waals surface area (Å²) in [5.74, 6) is -3.74. The molecule has 33 heavy (non-hydrogen) atoms. The van der Waals surface area contributed by atoms with Crippen molar-refractivity contribution in [2.75, 3.05) is 13.7 Å². The molecule has 7 heteroatoms. The third kappa shape index (κ3) is 6.41. The molecule has 4 unspecified atom stereocenters. The van der Waals surface area contributed by atoms with Gasteiger partial charge in [0.15, 0.2) is 5.79 Å². The molecule has 0 aliphatic carbocycles. The number of hydrogen-bond acceptors (Lipinski definition) is 6. The maximum atomic E-state index is 13.2. The quantitative estimate of drug-likeness (QED) is 0.507. The van der Waals surface area contributed by atoms with Gasteiger partial charge in [0.2, 0.25) is 0 Å². The molecule has 0 saturated carbocycles. The lowest BCUT2D eigenvalue weighted by Gasteiger charge is -2.23. The third-order valence-electron chi connectivity index (χ3n) is 5.82. The van der Waals surface area contributed by atoms with Crippen LogP contribution in [0.2, 0.25) is 0 Å². The molecule has 1 saturated heterocycles. The van der Waals surface area contributed by atoms with Crippen molar-refractivity contribution in [3.8, 4) is 5.75 Å². The van der Waals surface area contributed by atoms with Gasteiger partial charge in [-0.2, -0.15) is 0 Å². The number of benzene rings is 2. The summed E-state index contributed by atoms with van der Waals surface area (Å²) in [4.78, 5) is 25.3. The minimum Gasteiger partial charge on any atom is -0.496 e. The third-order valence-corrected chi connectivity index (χ3v) is 5.82. The molecule has 1 aliphatic rings. The van der Waals surface area contributed by atoms with Crippen LogP contribution in [0, 0.1) is 5.92 Å². The Morgan fingerprint density at radius 1 is 1.03 bits per heavy atom. The minimum atomic E-state index is -1.24. The second-order valence-corrected chi connectivity index (χ2v) is 8.73. The molecular weight excluding hydrogens is 424 g/mol. The van der Waals surface area contributed by atoms with Gasteiger partial charge in [-0.1, -0.05) is 55.5 Å². The Kier molecular flexibility index (Phi) is 8.24. The first kappa shape index (κ1) is 24.9. The van der Waals surface area contributed by atoms with Crippen LogP contribution in [0.1, 0.15) is 44.2 Å². The van der Waals surface area contributed by atoms with Crippen LogP contribution in [0.5, 0.6) is 5.75 Å². The number of methoxy groups -OCH3 is 1. The molecule has 1 N–H and O–H groups in total. The van der Waals surface area contributed by atoms with Gasteiger partial charge in [0.1, 0.15) is 23.6 Å². The van der Waals surface area contributed by atoms with Gasteiger partial charge in [-0.15, -0.1) is 0 Å². The number of ether oxygens (including phenoxy) is 4. The SMILES string of the molecule is COc1ccccc1C(C)C(C(=O)O)C(=O)CC1OC(C)(C)OC1COCc1ccccc1. The molecule has 7 nitrogen and oxygen atoms in total. The molecule has 1 heterocycles. The van der Waals surface area contributed by atoms with E-state index in [9.17, 15) is 14.7 Å². The standard InChI is InChI=1S/C26H32O7/c1-17(19-12-8-9-13-21(19)30-4)24(25(28)29)20(27)14-22-23(33-26(2,3)32-22)16-31-15-18-10-6-5-7-11-18/h5-13,17,22-24H,14-16H2,1-4H3,(H,28,29). The van der Waals surface area contributed by atoms with Crippen LogP contribution in [0.3, 0.4) is 0 Å². The first-order valence-electron chi connectivity index (χ1n) is 11.1. The smallest absolute Gasteiger partial charge is 0.314 e. The van der Waals surface area contributed by atoms with E-state index in [1.807, 2.05) is 30.3 Å². The van der Waals surface area contributed by atoms with Gasteiger partial charge in [0.05, 0.1) is 26.4 Å². The van der Waals surface area contributed by atoms with Crippen molar-refractivity contribution in [1.82, 2.24) is 0 Å². The van der Waals surface area contributed by atoms with E-state index in [1.54, 1.807) is 45.0 Å². The fourth-order valence-electron chi connectivity index (χ4n) is 4.27. The molecule has 0 radical (unpaired) electrons. The second-order valence-electron chi connectivity index (χ2n) is 8.73. The van der Waals surface area contributed by atoms with E-state index in [0.29, 0.717) is 17.9 Å². The summed E-state index contributed by atoms with van der Waals surface area (Å²) in [6.45, 7) is 5.91. The first-order chi connectivity index (χ1) is 15.7. The van der Waals surface area contributed by atoms with Gasteiger partial charge in [0.25, 0.3) is 0 Å². The van der Waals surface area contributed by atoms with E-state index in [2.05, 4.69) is 0 Å². The highest BCUT2D eigenvalue weighted by molar-refractivity contribution is 5.99. The fourth-order valence-corrected chi connectivity index (χ4v) is 4.27. The van der Waals surface area contributed by atoms with Crippen molar-refractivity contribution >= 4 is 11.8 Å². The summed E-state index contributed by atoms with van der Waals surface area (Å²) in [6.07, 6.45) is -1.17. The molecule has 3 rings (SSSR count). The van der Waals surface area contributed by atoms with E-state index >= 15 is 0 Å².